The number of nitrogens with one attached hydrogen (secondary N) is 2. The fraction of sp³-hybridized carbons (Fsp3) is 0.571. The number of fused-ring (bicyclic) bond motifs is 2. The molecule has 254 valence electrons. The van der Waals surface area contributed by atoms with Gasteiger partial charge in [-0.15, -0.1) is 0 Å². The number of carbonyl (C=O) groups excluding carboxylic acids is 3. The van der Waals surface area contributed by atoms with Crippen molar-refractivity contribution in [3.63, 3.8) is 0 Å². The Bertz CT molecular complexity index is 1490. The number of carbonyl (C=O) groups is 3. The van der Waals surface area contributed by atoms with Crippen LogP contribution in [0.3, 0.4) is 0 Å². The maximum Gasteiger partial charge on any atom is 0.264 e. The second-order valence-electron chi connectivity index (χ2n) is 14.1. The lowest BCUT2D eigenvalue weighted by Gasteiger charge is -2.33. The van der Waals surface area contributed by atoms with Gasteiger partial charge < -0.3 is 39.8 Å². The Balaban J connectivity index is 1.28. The molecule has 2 aromatic carbocycles. The molecule has 1 unspecified atom stereocenters. The van der Waals surface area contributed by atoms with E-state index >= 15 is 0 Å². The van der Waals surface area contributed by atoms with E-state index in [4.69, 9.17) is 9.47 Å². The molecule has 4 N–H and O–H groups in total. The van der Waals surface area contributed by atoms with Crippen LogP contribution in [0.15, 0.2) is 42.5 Å². The summed E-state index contributed by atoms with van der Waals surface area (Å²) in [6.45, 7) is 8.03. The van der Waals surface area contributed by atoms with Gasteiger partial charge in [-0.2, -0.15) is 0 Å². The number of likely N-dealkylation sites (tertiary alicyclic amines) is 1. The second kappa shape index (κ2) is 13.3. The van der Waals surface area contributed by atoms with E-state index in [-0.39, 0.29) is 49.3 Å². The maximum atomic E-state index is 14.7. The highest BCUT2D eigenvalue weighted by Crippen LogP contribution is 2.60. The number of hydrogen-bond donors (Lipinski definition) is 4. The summed E-state index contributed by atoms with van der Waals surface area (Å²) in [7, 11) is -1.38. The molecule has 0 aliphatic carbocycles. The van der Waals surface area contributed by atoms with Crippen molar-refractivity contribution in [3.05, 3.63) is 53.6 Å². The maximum absolute atomic E-state index is 14.7. The average molecular weight is 665 g/mol. The lowest BCUT2D eigenvalue weighted by atomic mass is 9.82. The molecule has 11 nitrogen and oxygen atoms in total. The standard InChI is InChI=1S/C35H48N4O7Si/c1-22-32(47(3,4)44)30(18-31(41)38-16-6-8-26(38)21-40)46-35(22)28-17-27(45-2)13-14-29(28)39(34(35)43)20-23-9-11-25(12-10-23)37-33(42)24-7-5-15-36-19-24/h9-14,17,22,24,26,30,32,36,40,44H,5-8,15-16,18-21H2,1-4H3,(H,37,42)/t22-,24?,26+,30+,32-,35+/m1/s1. The summed E-state index contributed by atoms with van der Waals surface area (Å²) in [4.78, 5) is 56.1. The van der Waals surface area contributed by atoms with Crippen LogP contribution in [0.25, 0.3) is 0 Å². The molecule has 6 atom stereocenters. The SMILES string of the molecule is COc1ccc2c(c1)[C@]1(O[C@@H](CC(=O)N3CCC[C@H]3CO)[C@H]([Si](C)(C)O)[C@H]1C)C(=O)N2Cc1ccc(NC(=O)C2CCCNC2)cc1. The molecule has 0 radical (unpaired) electrons. The van der Waals surface area contributed by atoms with Gasteiger partial charge in [0.1, 0.15) is 5.75 Å². The molecule has 3 amide bonds. The number of rotatable bonds is 9. The van der Waals surface area contributed by atoms with Crippen molar-refractivity contribution in [2.45, 2.75) is 82.0 Å². The number of aliphatic hydroxyl groups is 1. The van der Waals surface area contributed by atoms with Crippen LogP contribution >= 0.6 is 0 Å². The van der Waals surface area contributed by atoms with Gasteiger partial charge in [-0.05, 0) is 81.2 Å². The minimum atomic E-state index is -2.96. The average Bonchev–Trinajstić information content (AvgIpc) is 3.72. The van der Waals surface area contributed by atoms with Crippen molar-refractivity contribution in [2.24, 2.45) is 11.8 Å². The summed E-state index contributed by atoms with van der Waals surface area (Å²) in [5, 5.41) is 16.1. The van der Waals surface area contributed by atoms with Gasteiger partial charge in [-0.25, -0.2) is 0 Å². The van der Waals surface area contributed by atoms with Crippen LogP contribution in [-0.4, -0.2) is 86.3 Å². The third-order valence-corrected chi connectivity index (χ3v) is 13.2. The Labute approximate surface area is 277 Å². The first-order chi connectivity index (χ1) is 22.5. The van der Waals surface area contributed by atoms with Gasteiger partial charge in [0, 0.05) is 35.8 Å². The molecule has 3 saturated heterocycles. The van der Waals surface area contributed by atoms with Crippen molar-refractivity contribution >= 4 is 37.4 Å². The highest BCUT2D eigenvalue weighted by molar-refractivity contribution is 6.71. The van der Waals surface area contributed by atoms with E-state index in [1.54, 1.807) is 16.9 Å². The molecule has 4 heterocycles. The van der Waals surface area contributed by atoms with E-state index < -0.39 is 31.5 Å². The molecule has 4 aliphatic rings. The van der Waals surface area contributed by atoms with E-state index in [0.29, 0.717) is 35.8 Å². The molecule has 0 bridgehead atoms. The lowest BCUT2D eigenvalue weighted by Crippen LogP contribution is -2.46. The number of aliphatic hydroxyl groups excluding tert-OH is 1. The quantitative estimate of drug-likeness (QED) is 0.300. The summed E-state index contributed by atoms with van der Waals surface area (Å²) in [5.74, 6) is -0.241. The Hall–Kier alpha value is -3.29. The summed E-state index contributed by atoms with van der Waals surface area (Å²) in [6, 6.07) is 12.9. The van der Waals surface area contributed by atoms with Crippen LogP contribution < -0.4 is 20.3 Å². The van der Waals surface area contributed by atoms with Gasteiger partial charge in [-0.3, -0.25) is 14.4 Å². The summed E-state index contributed by atoms with van der Waals surface area (Å²) < 4.78 is 12.4. The number of amides is 3. The normalized spacial score (nSPS) is 29.0. The van der Waals surface area contributed by atoms with Crippen molar-refractivity contribution in [3.8, 4) is 5.75 Å². The number of ether oxygens (including phenoxy) is 2. The summed E-state index contributed by atoms with van der Waals surface area (Å²) in [5.41, 5.74) is 1.16. The highest BCUT2D eigenvalue weighted by Gasteiger charge is 2.66. The Morgan fingerprint density at radius 2 is 1.91 bits per heavy atom. The molecule has 12 heteroatoms. The first kappa shape index (κ1) is 33.6. The molecule has 0 saturated carbocycles. The number of benzene rings is 2. The molecule has 2 aromatic rings. The van der Waals surface area contributed by atoms with Gasteiger partial charge >= 0.3 is 0 Å². The molecule has 1 spiro atoms. The summed E-state index contributed by atoms with van der Waals surface area (Å²) in [6.07, 6.45) is 2.79. The zero-order valence-corrected chi connectivity index (χ0v) is 28.8. The van der Waals surface area contributed by atoms with E-state index in [0.717, 1.165) is 37.8 Å². The fourth-order valence-corrected chi connectivity index (χ4v) is 10.9. The Morgan fingerprint density at radius 3 is 2.57 bits per heavy atom. The monoisotopic (exact) mass is 664 g/mol. The van der Waals surface area contributed by atoms with Crippen molar-refractivity contribution < 1.29 is 33.8 Å². The third kappa shape index (κ3) is 6.22. The van der Waals surface area contributed by atoms with E-state index in [1.165, 1.54) is 0 Å². The summed E-state index contributed by atoms with van der Waals surface area (Å²) >= 11 is 0. The largest absolute Gasteiger partial charge is 0.497 e. The lowest BCUT2D eigenvalue weighted by molar-refractivity contribution is -0.150. The molecule has 4 aliphatic heterocycles. The zero-order chi connectivity index (χ0) is 33.5. The first-order valence-corrected chi connectivity index (χ1v) is 19.9. The van der Waals surface area contributed by atoms with Gasteiger partial charge in [0.25, 0.3) is 5.91 Å². The zero-order valence-electron chi connectivity index (χ0n) is 27.8. The third-order valence-electron chi connectivity index (χ3n) is 10.7. The smallest absolute Gasteiger partial charge is 0.264 e. The van der Waals surface area contributed by atoms with E-state index in [9.17, 15) is 24.3 Å². The topological polar surface area (TPSA) is 141 Å². The molecule has 3 fully saturated rings. The number of piperidine rings is 1. The van der Waals surface area contributed by atoms with Crippen LogP contribution in [0.2, 0.25) is 18.6 Å². The molecule has 47 heavy (non-hydrogen) atoms. The molecular weight excluding hydrogens is 616 g/mol. The number of anilines is 2. The Morgan fingerprint density at radius 1 is 1.15 bits per heavy atom. The van der Waals surface area contributed by atoms with E-state index in [2.05, 4.69) is 10.6 Å². The van der Waals surface area contributed by atoms with Crippen LogP contribution in [0, 0.1) is 11.8 Å². The van der Waals surface area contributed by atoms with Crippen LogP contribution in [0.1, 0.15) is 50.2 Å². The van der Waals surface area contributed by atoms with Crippen molar-refractivity contribution in [1.29, 1.82) is 0 Å². The van der Waals surface area contributed by atoms with Crippen LogP contribution in [-0.2, 0) is 31.3 Å². The minimum Gasteiger partial charge on any atom is -0.497 e. The minimum absolute atomic E-state index is 0.00594. The van der Waals surface area contributed by atoms with Crippen molar-refractivity contribution in [1.82, 2.24) is 10.2 Å². The number of hydrogen-bond acceptors (Lipinski definition) is 8. The first-order valence-electron chi connectivity index (χ1n) is 16.9. The van der Waals surface area contributed by atoms with Crippen LogP contribution in [0.4, 0.5) is 11.4 Å². The van der Waals surface area contributed by atoms with Gasteiger partial charge in [-0.1, -0.05) is 19.1 Å². The second-order valence-corrected chi connectivity index (χ2v) is 18.1. The van der Waals surface area contributed by atoms with Gasteiger partial charge in [0.05, 0.1) is 50.4 Å². The Kier molecular flexibility index (Phi) is 9.52. The van der Waals surface area contributed by atoms with Gasteiger partial charge in [0.2, 0.25) is 11.8 Å². The van der Waals surface area contributed by atoms with E-state index in [1.807, 2.05) is 62.5 Å². The number of methoxy groups -OCH3 is 1. The molecule has 6 rings (SSSR count). The van der Waals surface area contributed by atoms with Crippen LogP contribution in [0.5, 0.6) is 5.75 Å². The predicted octanol–water partition coefficient (Wildman–Crippen LogP) is 3.35. The fourth-order valence-electron chi connectivity index (χ4n) is 8.38. The molecule has 0 aromatic heterocycles. The van der Waals surface area contributed by atoms with Crippen molar-refractivity contribution in [2.75, 3.05) is 43.6 Å². The predicted molar refractivity (Wildman–Crippen MR) is 180 cm³/mol. The number of nitrogens with zero attached hydrogens (tertiary/aromatic N) is 2. The molecular formula is C35H48N4O7Si. The van der Waals surface area contributed by atoms with Gasteiger partial charge in [0.15, 0.2) is 13.9 Å². The highest BCUT2D eigenvalue weighted by atomic mass is 28.4.